The van der Waals surface area contributed by atoms with Gasteiger partial charge in [-0.2, -0.15) is 0 Å². The third kappa shape index (κ3) is 3.85. The van der Waals surface area contributed by atoms with Crippen molar-refractivity contribution in [3.8, 4) is 5.75 Å². The summed E-state index contributed by atoms with van der Waals surface area (Å²) < 4.78 is 5.95. The van der Waals surface area contributed by atoms with E-state index >= 15 is 0 Å². The lowest BCUT2D eigenvalue weighted by Gasteiger charge is -2.10. The van der Waals surface area contributed by atoms with E-state index in [9.17, 15) is 0 Å². The van der Waals surface area contributed by atoms with Gasteiger partial charge in [-0.15, -0.1) is 0 Å². The van der Waals surface area contributed by atoms with Crippen molar-refractivity contribution in [2.45, 2.75) is 27.4 Å². The number of aryl methyl sites for hydroxylation is 1. The van der Waals surface area contributed by atoms with Gasteiger partial charge in [-0.1, -0.05) is 80.1 Å². The van der Waals surface area contributed by atoms with Crippen molar-refractivity contribution in [1.82, 2.24) is 0 Å². The van der Waals surface area contributed by atoms with Gasteiger partial charge in [0, 0.05) is 5.39 Å². The maximum atomic E-state index is 5.95. The van der Waals surface area contributed by atoms with Crippen LogP contribution in [0.3, 0.4) is 0 Å². The van der Waals surface area contributed by atoms with Gasteiger partial charge in [0.1, 0.15) is 12.4 Å². The van der Waals surface area contributed by atoms with Gasteiger partial charge in [0.15, 0.2) is 0 Å². The van der Waals surface area contributed by atoms with Crippen molar-refractivity contribution < 1.29 is 4.74 Å². The van der Waals surface area contributed by atoms with Crippen LogP contribution in [-0.2, 0) is 6.61 Å². The highest BCUT2D eigenvalue weighted by Crippen LogP contribution is 2.26. The molecule has 0 fully saturated rings. The lowest BCUT2D eigenvalue weighted by molar-refractivity contribution is 0.310. The molecule has 0 saturated heterocycles. The zero-order valence-corrected chi connectivity index (χ0v) is 13.0. The van der Waals surface area contributed by atoms with Gasteiger partial charge >= 0.3 is 0 Å². The second-order valence-corrected chi connectivity index (χ2v) is 4.76. The molecule has 0 heterocycles. The second-order valence-electron chi connectivity index (χ2n) is 4.76. The normalized spacial score (nSPS) is 9.86. The van der Waals surface area contributed by atoms with Crippen molar-refractivity contribution in [2.75, 3.05) is 0 Å². The second kappa shape index (κ2) is 7.49. The quantitative estimate of drug-likeness (QED) is 0.592. The predicted octanol–water partition coefficient (Wildman–Crippen LogP) is 5.75. The van der Waals surface area contributed by atoms with Crippen molar-refractivity contribution in [3.05, 3.63) is 77.9 Å². The average Bonchev–Trinajstić information content (AvgIpc) is 2.55. The predicted molar refractivity (Wildman–Crippen MR) is 90.8 cm³/mol. The van der Waals surface area contributed by atoms with Crippen molar-refractivity contribution >= 4 is 10.8 Å². The zero-order chi connectivity index (χ0) is 15.1. The summed E-state index contributed by atoms with van der Waals surface area (Å²) >= 11 is 0. The standard InChI is InChI=1S/C18H16O.C2H6/c1-14-10-11-17-16(12-14)8-5-9-18(17)19-13-15-6-3-2-4-7-15;1-2/h2-12H,13H2,1H3;1-2H3. The van der Waals surface area contributed by atoms with E-state index < -0.39 is 0 Å². The summed E-state index contributed by atoms with van der Waals surface area (Å²) in [5, 5.41) is 2.40. The molecule has 0 aromatic heterocycles. The summed E-state index contributed by atoms with van der Waals surface area (Å²) in [5.74, 6) is 0.946. The number of ether oxygens (including phenoxy) is 1. The molecule has 0 aliphatic heterocycles. The van der Waals surface area contributed by atoms with E-state index in [0.29, 0.717) is 6.61 Å². The topological polar surface area (TPSA) is 9.23 Å². The molecule has 3 aromatic rings. The molecule has 3 aromatic carbocycles. The SMILES string of the molecule is CC.Cc1ccc2c(OCc3ccccc3)cccc2c1. The van der Waals surface area contributed by atoms with Gasteiger partial charge < -0.3 is 4.74 Å². The Kier molecular flexibility index (Phi) is 5.39. The Bertz CT molecular complexity index is 687. The molecule has 3 rings (SSSR count). The van der Waals surface area contributed by atoms with Gasteiger partial charge in [-0.05, 0) is 23.9 Å². The highest BCUT2D eigenvalue weighted by molar-refractivity contribution is 5.88. The Balaban J connectivity index is 0.000000774. The van der Waals surface area contributed by atoms with Crippen LogP contribution >= 0.6 is 0 Å². The Morgan fingerprint density at radius 2 is 1.57 bits per heavy atom. The molecule has 108 valence electrons. The van der Waals surface area contributed by atoms with Crippen LogP contribution in [-0.4, -0.2) is 0 Å². The average molecular weight is 278 g/mol. The van der Waals surface area contributed by atoms with Gasteiger partial charge in [0.2, 0.25) is 0 Å². The number of rotatable bonds is 3. The zero-order valence-electron chi connectivity index (χ0n) is 13.0. The Morgan fingerprint density at radius 3 is 2.33 bits per heavy atom. The smallest absolute Gasteiger partial charge is 0.127 e. The molecule has 0 bridgehead atoms. The third-order valence-electron chi connectivity index (χ3n) is 3.23. The van der Waals surface area contributed by atoms with Crippen LogP contribution < -0.4 is 4.74 Å². The highest BCUT2D eigenvalue weighted by Gasteiger charge is 2.02. The van der Waals surface area contributed by atoms with E-state index in [2.05, 4.69) is 43.3 Å². The van der Waals surface area contributed by atoms with Crippen LogP contribution in [0.5, 0.6) is 5.75 Å². The lowest BCUT2D eigenvalue weighted by Crippen LogP contribution is -1.95. The van der Waals surface area contributed by atoms with Crippen LogP contribution in [0.1, 0.15) is 25.0 Å². The molecule has 0 saturated carbocycles. The molecule has 0 amide bonds. The monoisotopic (exact) mass is 278 g/mol. The van der Waals surface area contributed by atoms with Crippen LogP contribution in [0.25, 0.3) is 10.8 Å². The number of benzene rings is 3. The van der Waals surface area contributed by atoms with Crippen LogP contribution in [0.15, 0.2) is 66.7 Å². The Hall–Kier alpha value is -2.28. The van der Waals surface area contributed by atoms with E-state index in [0.717, 1.165) is 5.75 Å². The third-order valence-corrected chi connectivity index (χ3v) is 3.23. The van der Waals surface area contributed by atoms with Crippen LogP contribution in [0, 0.1) is 6.92 Å². The fraction of sp³-hybridized carbons (Fsp3) is 0.200. The number of fused-ring (bicyclic) bond motifs is 1. The summed E-state index contributed by atoms with van der Waals surface area (Å²) in [7, 11) is 0. The number of hydrogen-bond acceptors (Lipinski definition) is 1. The summed E-state index contributed by atoms with van der Waals surface area (Å²) in [5.41, 5.74) is 2.46. The first-order chi connectivity index (χ1) is 10.3. The van der Waals surface area contributed by atoms with Gasteiger partial charge in [-0.3, -0.25) is 0 Å². The molecule has 1 nitrogen and oxygen atoms in total. The fourth-order valence-corrected chi connectivity index (χ4v) is 2.23. The first-order valence-corrected chi connectivity index (χ1v) is 7.49. The lowest BCUT2D eigenvalue weighted by atomic mass is 10.1. The Labute approximate surface area is 127 Å². The van der Waals surface area contributed by atoms with Crippen molar-refractivity contribution in [2.24, 2.45) is 0 Å². The van der Waals surface area contributed by atoms with Gasteiger partial charge in [-0.25, -0.2) is 0 Å². The molecule has 21 heavy (non-hydrogen) atoms. The first kappa shape index (κ1) is 15.1. The summed E-state index contributed by atoms with van der Waals surface area (Å²) in [6, 6.07) is 22.9. The van der Waals surface area contributed by atoms with Crippen LogP contribution in [0.2, 0.25) is 0 Å². The minimum absolute atomic E-state index is 0.605. The molecule has 0 unspecified atom stereocenters. The first-order valence-electron chi connectivity index (χ1n) is 7.49. The molecule has 0 aliphatic rings. The van der Waals surface area contributed by atoms with E-state index in [1.54, 1.807) is 0 Å². The maximum Gasteiger partial charge on any atom is 0.127 e. The van der Waals surface area contributed by atoms with E-state index in [-0.39, 0.29) is 0 Å². The molecule has 0 atom stereocenters. The van der Waals surface area contributed by atoms with Crippen molar-refractivity contribution in [1.29, 1.82) is 0 Å². The minimum atomic E-state index is 0.605. The molecule has 1 heteroatoms. The van der Waals surface area contributed by atoms with E-state index in [1.165, 1.54) is 21.9 Å². The summed E-state index contributed by atoms with van der Waals surface area (Å²) in [6.07, 6.45) is 0. The molecular weight excluding hydrogens is 256 g/mol. The molecule has 0 N–H and O–H groups in total. The largest absolute Gasteiger partial charge is 0.488 e. The fourth-order valence-electron chi connectivity index (χ4n) is 2.23. The molecular formula is C20H22O. The van der Waals surface area contributed by atoms with E-state index in [4.69, 9.17) is 4.74 Å². The highest BCUT2D eigenvalue weighted by atomic mass is 16.5. The molecule has 0 aliphatic carbocycles. The Morgan fingerprint density at radius 1 is 0.810 bits per heavy atom. The van der Waals surface area contributed by atoms with Gasteiger partial charge in [0.05, 0.1) is 0 Å². The van der Waals surface area contributed by atoms with Gasteiger partial charge in [0.25, 0.3) is 0 Å². The molecule has 0 radical (unpaired) electrons. The van der Waals surface area contributed by atoms with Crippen LogP contribution in [0.4, 0.5) is 0 Å². The van der Waals surface area contributed by atoms with Crippen molar-refractivity contribution in [3.63, 3.8) is 0 Å². The van der Waals surface area contributed by atoms with E-state index in [1.807, 2.05) is 44.2 Å². The minimum Gasteiger partial charge on any atom is -0.488 e. The molecule has 0 spiro atoms. The number of hydrogen-bond donors (Lipinski definition) is 0. The summed E-state index contributed by atoms with van der Waals surface area (Å²) in [4.78, 5) is 0. The maximum absolute atomic E-state index is 5.95. The summed E-state index contributed by atoms with van der Waals surface area (Å²) in [6.45, 7) is 6.71.